The van der Waals surface area contributed by atoms with Crippen LogP contribution in [-0.2, 0) is 0 Å². The van der Waals surface area contributed by atoms with Gasteiger partial charge >= 0.3 is 0 Å². The molecule has 0 aliphatic carbocycles. The maximum atomic E-state index is 12.5. The quantitative estimate of drug-likeness (QED) is 0.578. The molecule has 0 fully saturated rings. The number of para-hydroxylation sites is 1. The van der Waals surface area contributed by atoms with E-state index in [1.54, 1.807) is 18.3 Å². The molecule has 4 aromatic rings. The van der Waals surface area contributed by atoms with E-state index in [4.69, 9.17) is 4.74 Å². The van der Waals surface area contributed by atoms with E-state index < -0.39 is 0 Å². The molecule has 0 bridgehead atoms. The minimum atomic E-state index is -0.330. The van der Waals surface area contributed by atoms with Crippen molar-refractivity contribution in [2.75, 3.05) is 5.32 Å². The number of rotatable bonds is 4. The lowest BCUT2D eigenvalue weighted by Gasteiger charge is -2.11. The van der Waals surface area contributed by atoms with Crippen molar-refractivity contribution in [1.82, 2.24) is 15.0 Å². The monoisotopic (exact) mass is 344 g/mol. The van der Waals surface area contributed by atoms with Gasteiger partial charge in [-0.25, -0.2) is 4.98 Å². The largest absolute Gasteiger partial charge is 0.457 e. The first kappa shape index (κ1) is 15.8. The van der Waals surface area contributed by atoms with Crippen LogP contribution >= 0.6 is 0 Å². The molecule has 0 saturated heterocycles. The second kappa shape index (κ2) is 6.68. The summed E-state index contributed by atoms with van der Waals surface area (Å²) in [5, 5.41) is 2.83. The molecule has 2 heterocycles. The molecule has 2 N–H and O–H groups in total. The van der Waals surface area contributed by atoms with Gasteiger partial charge in [0.2, 0.25) is 0 Å². The number of H-pyrrole nitrogens is 1. The number of aryl methyl sites for hydroxylation is 1. The fourth-order valence-electron chi connectivity index (χ4n) is 2.53. The molecule has 4 rings (SSSR count). The molecule has 0 aliphatic heterocycles. The summed E-state index contributed by atoms with van der Waals surface area (Å²) in [6, 6.07) is 16.8. The molecular formula is C20H16N4O2. The van der Waals surface area contributed by atoms with Crippen molar-refractivity contribution >= 4 is 22.8 Å². The van der Waals surface area contributed by atoms with Gasteiger partial charge in [0.05, 0.1) is 6.20 Å². The standard InChI is InChI=1S/C20H16N4O2/c1-13-7-8-14(11-18(13)26-15-5-3-2-4-6-15)23-20(25)17-12-22-16-9-10-21-19(16)24-17/h2-12H,1H3,(H,21,24)(H,23,25). The number of nitrogens with zero attached hydrogens (tertiary/aromatic N) is 2. The topological polar surface area (TPSA) is 79.9 Å². The second-order valence-corrected chi connectivity index (χ2v) is 5.82. The molecule has 2 aromatic carbocycles. The zero-order valence-corrected chi connectivity index (χ0v) is 14.1. The highest BCUT2D eigenvalue weighted by atomic mass is 16.5. The summed E-state index contributed by atoms with van der Waals surface area (Å²) < 4.78 is 5.90. The van der Waals surface area contributed by atoms with Crippen LogP contribution in [0.4, 0.5) is 5.69 Å². The van der Waals surface area contributed by atoms with Crippen molar-refractivity contribution in [3.63, 3.8) is 0 Å². The predicted octanol–water partition coefficient (Wildman–Crippen LogP) is 4.31. The number of ether oxygens (including phenoxy) is 1. The van der Waals surface area contributed by atoms with Gasteiger partial charge in [-0.05, 0) is 36.8 Å². The molecule has 26 heavy (non-hydrogen) atoms. The van der Waals surface area contributed by atoms with Gasteiger partial charge in [0, 0.05) is 18.0 Å². The number of hydrogen-bond acceptors (Lipinski definition) is 4. The summed E-state index contributed by atoms with van der Waals surface area (Å²) >= 11 is 0. The molecule has 1 amide bonds. The van der Waals surface area contributed by atoms with Gasteiger partial charge in [-0.3, -0.25) is 9.78 Å². The lowest BCUT2D eigenvalue weighted by molar-refractivity contribution is 0.102. The number of fused-ring (bicyclic) bond motifs is 1. The number of anilines is 1. The van der Waals surface area contributed by atoms with Crippen LogP contribution < -0.4 is 10.1 Å². The van der Waals surface area contributed by atoms with Crippen LogP contribution in [0.2, 0.25) is 0 Å². The molecule has 2 aromatic heterocycles. The summed E-state index contributed by atoms with van der Waals surface area (Å²) in [5.74, 6) is 1.09. The van der Waals surface area contributed by atoms with Crippen molar-refractivity contribution < 1.29 is 9.53 Å². The Kier molecular flexibility index (Phi) is 4.07. The number of carbonyl (C=O) groups is 1. The first-order chi connectivity index (χ1) is 12.7. The van der Waals surface area contributed by atoms with Crippen LogP contribution in [0.5, 0.6) is 11.5 Å². The number of amides is 1. The lowest BCUT2D eigenvalue weighted by Crippen LogP contribution is -2.14. The fourth-order valence-corrected chi connectivity index (χ4v) is 2.53. The number of hydrogen-bond donors (Lipinski definition) is 2. The van der Waals surface area contributed by atoms with Gasteiger partial charge in [-0.2, -0.15) is 0 Å². The Morgan fingerprint density at radius 1 is 1.12 bits per heavy atom. The normalized spacial score (nSPS) is 10.7. The highest BCUT2D eigenvalue weighted by molar-refractivity contribution is 6.03. The molecule has 0 radical (unpaired) electrons. The molecule has 0 spiro atoms. The Hall–Kier alpha value is -3.67. The Labute approximate surface area is 149 Å². The SMILES string of the molecule is Cc1ccc(NC(=O)c2cnc3cc[nH]c3n2)cc1Oc1ccccc1. The van der Waals surface area contributed by atoms with E-state index in [0.717, 1.165) is 16.8 Å². The third kappa shape index (κ3) is 3.25. The van der Waals surface area contributed by atoms with Crippen LogP contribution in [0, 0.1) is 6.92 Å². The first-order valence-corrected chi connectivity index (χ1v) is 8.14. The van der Waals surface area contributed by atoms with Crippen LogP contribution in [0.3, 0.4) is 0 Å². The number of nitrogens with one attached hydrogen (secondary N) is 2. The number of aromatic amines is 1. The second-order valence-electron chi connectivity index (χ2n) is 5.82. The maximum absolute atomic E-state index is 12.5. The van der Waals surface area contributed by atoms with Crippen LogP contribution in [0.15, 0.2) is 67.0 Å². The first-order valence-electron chi connectivity index (χ1n) is 8.14. The minimum Gasteiger partial charge on any atom is -0.457 e. The summed E-state index contributed by atoms with van der Waals surface area (Å²) in [6.07, 6.45) is 3.20. The average Bonchev–Trinajstić information content (AvgIpc) is 3.13. The van der Waals surface area contributed by atoms with Crippen molar-refractivity contribution in [2.24, 2.45) is 0 Å². The van der Waals surface area contributed by atoms with E-state index >= 15 is 0 Å². The van der Waals surface area contributed by atoms with Crippen LogP contribution in [0.1, 0.15) is 16.1 Å². The maximum Gasteiger partial charge on any atom is 0.275 e. The molecule has 128 valence electrons. The van der Waals surface area contributed by atoms with Gasteiger partial charge in [0.1, 0.15) is 22.7 Å². The van der Waals surface area contributed by atoms with Gasteiger partial charge in [-0.1, -0.05) is 24.3 Å². The highest BCUT2D eigenvalue weighted by Crippen LogP contribution is 2.28. The summed E-state index contributed by atoms with van der Waals surface area (Å²) in [7, 11) is 0. The summed E-state index contributed by atoms with van der Waals surface area (Å²) in [6.45, 7) is 1.95. The molecule has 0 aliphatic rings. The molecular weight excluding hydrogens is 328 g/mol. The lowest BCUT2D eigenvalue weighted by atomic mass is 10.2. The van der Waals surface area contributed by atoms with E-state index in [2.05, 4.69) is 20.3 Å². The zero-order chi connectivity index (χ0) is 17.9. The van der Waals surface area contributed by atoms with Crippen molar-refractivity contribution in [1.29, 1.82) is 0 Å². The Balaban J connectivity index is 1.55. The van der Waals surface area contributed by atoms with Gasteiger partial charge in [-0.15, -0.1) is 0 Å². The third-order valence-corrected chi connectivity index (χ3v) is 3.91. The molecule has 6 heteroatoms. The smallest absolute Gasteiger partial charge is 0.275 e. The van der Waals surface area contributed by atoms with Crippen molar-refractivity contribution in [2.45, 2.75) is 6.92 Å². The predicted molar refractivity (Wildman–Crippen MR) is 99.5 cm³/mol. The Bertz CT molecular complexity index is 1070. The van der Waals surface area contributed by atoms with E-state index in [0.29, 0.717) is 17.1 Å². The van der Waals surface area contributed by atoms with E-state index in [1.807, 2.05) is 49.4 Å². The summed E-state index contributed by atoms with van der Waals surface area (Å²) in [5.41, 5.74) is 3.13. The Morgan fingerprint density at radius 2 is 1.96 bits per heavy atom. The minimum absolute atomic E-state index is 0.242. The molecule has 0 atom stereocenters. The molecule has 0 unspecified atom stereocenters. The van der Waals surface area contributed by atoms with Gasteiger partial charge in [0.15, 0.2) is 5.65 Å². The van der Waals surface area contributed by atoms with E-state index in [9.17, 15) is 4.79 Å². The Morgan fingerprint density at radius 3 is 2.81 bits per heavy atom. The van der Waals surface area contributed by atoms with E-state index in [-0.39, 0.29) is 11.6 Å². The number of carbonyl (C=O) groups excluding carboxylic acids is 1. The fraction of sp³-hybridized carbons (Fsp3) is 0.0500. The highest BCUT2D eigenvalue weighted by Gasteiger charge is 2.11. The summed E-state index contributed by atoms with van der Waals surface area (Å²) in [4.78, 5) is 23.9. The van der Waals surface area contributed by atoms with Gasteiger partial charge < -0.3 is 15.0 Å². The zero-order valence-electron chi connectivity index (χ0n) is 14.1. The molecule has 0 saturated carbocycles. The van der Waals surface area contributed by atoms with E-state index in [1.165, 1.54) is 6.20 Å². The number of aromatic nitrogens is 3. The molecule has 6 nitrogen and oxygen atoms in total. The van der Waals surface area contributed by atoms with Crippen LogP contribution in [0.25, 0.3) is 11.2 Å². The van der Waals surface area contributed by atoms with Crippen molar-refractivity contribution in [3.8, 4) is 11.5 Å². The van der Waals surface area contributed by atoms with Crippen LogP contribution in [-0.4, -0.2) is 20.9 Å². The van der Waals surface area contributed by atoms with Gasteiger partial charge in [0.25, 0.3) is 5.91 Å². The average molecular weight is 344 g/mol. The van der Waals surface area contributed by atoms with Crippen molar-refractivity contribution in [3.05, 3.63) is 78.2 Å². The number of benzene rings is 2. The third-order valence-electron chi connectivity index (χ3n) is 3.91.